The molecule has 4 rings (SSSR count). The summed E-state index contributed by atoms with van der Waals surface area (Å²) in [4.78, 5) is 17.2. The Morgan fingerprint density at radius 3 is 2.42 bits per heavy atom. The van der Waals surface area contributed by atoms with E-state index in [1.807, 2.05) is 11.0 Å². The van der Waals surface area contributed by atoms with Gasteiger partial charge in [-0.1, -0.05) is 12.1 Å². The first-order valence-electron chi connectivity index (χ1n) is 11.2. The zero-order valence-electron chi connectivity index (χ0n) is 19.0. The van der Waals surface area contributed by atoms with Crippen molar-refractivity contribution >= 4 is 5.91 Å². The summed E-state index contributed by atoms with van der Waals surface area (Å²) in [6.45, 7) is 3.91. The van der Waals surface area contributed by atoms with Crippen LogP contribution >= 0.6 is 0 Å². The highest BCUT2D eigenvalue weighted by molar-refractivity contribution is 5.99. The molecule has 2 aromatic rings. The fraction of sp³-hybridized carbons (Fsp3) is 0.480. The fourth-order valence-corrected chi connectivity index (χ4v) is 4.81. The zero-order valence-corrected chi connectivity index (χ0v) is 19.0. The molecule has 5 nitrogen and oxygen atoms in total. The Bertz CT molecular complexity index is 992. The summed E-state index contributed by atoms with van der Waals surface area (Å²) in [6, 6.07) is 9.06. The molecule has 2 aromatic carbocycles. The summed E-state index contributed by atoms with van der Waals surface area (Å²) < 4.78 is 48.9. The molecule has 1 amide bonds. The van der Waals surface area contributed by atoms with E-state index >= 15 is 0 Å². The summed E-state index contributed by atoms with van der Waals surface area (Å²) in [5.74, 6) is 1.57. The number of ether oxygens (including phenoxy) is 2. The Labute approximate surface area is 192 Å². The molecule has 2 aliphatic heterocycles. The van der Waals surface area contributed by atoms with Gasteiger partial charge < -0.3 is 19.3 Å². The molecule has 2 heterocycles. The highest BCUT2D eigenvalue weighted by Gasteiger charge is 2.32. The van der Waals surface area contributed by atoms with Crippen LogP contribution in [-0.2, 0) is 19.1 Å². The van der Waals surface area contributed by atoms with Gasteiger partial charge in [-0.25, -0.2) is 0 Å². The summed E-state index contributed by atoms with van der Waals surface area (Å²) >= 11 is 0. The average Bonchev–Trinajstić information content (AvgIpc) is 3.10. The van der Waals surface area contributed by atoms with Crippen molar-refractivity contribution in [2.45, 2.75) is 32.0 Å². The van der Waals surface area contributed by atoms with Crippen molar-refractivity contribution in [3.05, 3.63) is 58.7 Å². The maximum atomic E-state index is 13.0. The third kappa shape index (κ3) is 5.27. The molecule has 1 saturated heterocycles. The smallest absolute Gasteiger partial charge is 0.416 e. The van der Waals surface area contributed by atoms with Crippen molar-refractivity contribution in [1.29, 1.82) is 0 Å². The van der Waals surface area contributed by atoms with Crippen LogP contribution in [-0.4, -0.2) is 56.1 Å². The van der Waals surface area contributed by atoms with E-state index in [1.54, 1.807) is 32.4 Å². The number of piperidine rings is 1. The van der Waals surface area contributed by atoms with Gasteiger partial charge in [-0.3, -0.25) is 4.79 Å². The summed E-state index contributed by atoms with van der Waals surface area (Å²) in [5, 5.41) is 0. The number of hydrogen-bond donors (Lipinski definition) is 0. The van der Waals surface area contributed by atoms with Gasteiger partial charge in [0.15, 0.2) is 11.5 Å². The van der Waals surface area contributed by atoms with Crippen molar-refractivity contribution in [1.82, 2.24) is 9.80 Å². The minimum atomic E-state index is -4.30. The number of carbonyl (C=O) groups is 1. The van der Waals surface area contributed by atoms with E-state index in [-0.39, 0.29) is 5.91 Å². The van der Waals surface area contributed by atoms with Gasteiger partial charge >= 0.3 is 6.18 Å². The maximum absolute atomic E-state index is 13.0. The number of methoxy groups -OCH3 is 2. The number of benzene rings is 2. The first kappa shape index (κ1) is 23.4. The van der Waals surface area contributed by atoms with Gasteiger partial charge in [0.05, 0.1) is 19.8 Å². The molecule has 0 N–H and O–H groups in total. The first-order chi connectivity index (χ1) is 15.8. The predicted molar refractivity (Wildman–Crippen MR) is 119 cm³/mol. The van der Waals surface area contributed by atoms with Crippen molar-refractivity contribution in [2.75, 3.05) is 40.4 Å². The summed E-state index contributed by atoms with van der Waals surface area (Å²) in [7, 11) is 3.14. The zero-order chi connectivity index (χ0) is 23.6. The summed E-state index contributed by atoms with van der Waals surface area (Å²) in [5.41, 5.74) is 1.91. The number of carbonyl (C=O) groups excluding carboxylic acids is 1. The lowest BCUT2D eigenvalue weighted by Crippen LogP contribution is -2.41. The molecule has 8 heteroatoms. The van der Waals surface area contributed by atoms with Crippen LogP contribution in [0.15, 0.2) is 36.4 Å². The molecule has 1 fully saturated rings. The molecule has 0 radical (unpaired) electrons. The number of hydrogen-bond acceptors (Lipinski definition) is 4. The SMILES string of the molecule is COc1cc2c(cc1OC)C(=O)N(CC1CCCN(CCc3ccc(C(F)(F)F)cc3)C1)C2. The number of amides is 1. The van der Waals surface area contributed by atoms with Gasteiger partial charge in [0.1, 0.15) is 0 Å². The normalized spacial score (nSPS) is 19.0. The fourth-order valence-electron chi connectivity index (χ4n) is 4.81. The van der Waals surface area contributed by atoms with Crippen LogP contribution in [0, 0.1) is 5.92 Å². The van der Waals surface area contributed by atoms with Gasteiger partial charge in [-0.05, 0) is 67.1 Å². The molecular weight excluding hydrogens is 433 g/mol. The highest BCUT2D eigenvalue weighted by atomic mass is 19.4. The van der Waals surface area contributed by atoms with Gasteiger partial charge in [-0.15, -0.1) is 0 Å². The molecule has 1 atom stereocenters. The van der Waals surface area contributed by atoms with Crippen molar-refractivity contribution in [3.8, 4) is 11.5 Å². The van der Waals surface area contributed by atoms with Crippen LogP contribution in [0.4, 0.5) is 13.2 Å². The van der Waals surface area contributed by atoms with Crippen LogP contribution < -0.4 is 9.47 Å². The first-order valence-corrected chi connectivity index (χ1v) is 11.2. The van der Waals surface area contributed by atoms with Crippen LogP contribution in [0.3, 0.4) is 0 Å². The van der Waals surface area contributed by atoms with Gasteiger partial charge in [-0.2, -0.15) is 13.2 Å². The van der Waals surface area contributed by atoms with E-state index in [1.165, 1.54) is 0 Å². The lowest BCUT2D eigenvalue weighted by Gasteiger charge is -2.34. The van der Waals surface area contributed by atoms with E-state index in [2.05, 4.69) is 4.90 Å². The Balaban J connectivity index is 1.32. The topological polar surface area (TPSA) is 42.0 Å². The molecule has 0 spiro atoms. The molecule has 2 aliphatic rings. The Hall–Kier alpha value is -2.74. The van der Waals surface area contributed by atoms with E-state index in [0.717, 1.165) is 55.7 Å². The molecular formula is C25H29F3N2O3. The van der Waals surface area contributed by atoms with Gasteiger partial charge in [0.2, 0.25) is 0 Å². The van der Waals surface area contributed by atoms with Crippen LogP contribution in [0.25, 0.3) is 0 Å². The summed E-state index contributed by atoms with van der Waals surface area (Å²) in [6.07, 6.45) is -1.49. The van der Waals surface area contributed by atoms with Crippen molar-refractivity contribution < 1.29 is 27.4 Å². The second kappa shape index (κ2) is 9.63. The van der Waals surface area contributed by atoms with Gasteiger partial charge in [0.25, 0.3) is 5.91 Å². The predicted octanol–water partition coefficient (Wildman–Crippen LogP) is 4.63. The Morgan fingerprint density at radius 2 is 1.76 bits per heavy atom. The monoisotopic (exact) mass is 462 g/mol. The molecule has 0 aromatic heterocycles. The number of nitrogens with zero attached hydrogens (tertiary/aromatic N) is 2. The molecule has 33 heavy (non-hydrogen) atoms. The lowest BCUT2D eigenvalue weighted by atomic mass is 9.97. The van der Waals surface area contributed by atoms with E-state index in [9.17, 15) is 18.0 Å². The third-order valence-electron chi connectivity index (χ3n) is 6.57. The standard InChI is InChI=1S/C25H29F3N2O3/c1-32-22-12-19-16-30(24(31)21(19)13-23(22)33-2)15-18-4-3-10-29(14-18)11-9-17-5-7-20(8-6-17)25(26,27)28/h5-8,12-13,18H,3-4,9-11,14-16H2,1-2H3. The van der Waals surface area contributed by atoms with Crippen molar-refractivity contribution in [2.24, 2.45) is 5.92 Å². The van der Waals surface area contributed by atoms with E-state index < -0.39 is 11.7 Å². The van der Waals surface area contributed by atoms with Crippen molar-refractivity contribution in [3.63, 3.8) is 0 Å². The Morgan fingerprint density at radius 1 is 1.06 bits per heavy atom. The highest BCUT2D eigenvalue weighted by Crippen LogP contribution is 2.35. The number of halogens is 3. The third-order valence-corrected chi connectivity index (χ3v) is 6.57. The number of alkyl halides is 3. The molecule has 0 aliphatic carbocycles. The number of fused-ring (bicyclic) bond motifs is 1. The molecule has 1 unspecified atom stereocenters. The minimum Gasteiger partial charge on any atom is -0.493 e. The molecule has 0 saturated carbocycles. The largest absolute Gasteiger partial charge is 0.493 e. The number of likely N-dealkylation sites (tertiary alicyclic amines) is 1. The van der Waals surface area contributed by atoms with Crippen LogP contribution in [0.2, 0.25) is 0 Å². The maximum Gasteiger partial charge on any atom is 0.416 e. The minimum absolute atomic E-state index is 0.0211. The van der Waals surface area contributed by atoms with Gasteiger partial charge in [0, 0.05) is 31.7 Å². The molecule has 178 valence electrons. The Kier molecular flexibility index (Phi) is 6.83. The van der Waals surface area contributed by atoms with Crippen LogP contribution in [0.5, 0.6) is 11.5 Å². The average molecular weight is 463 g/mol. The lowest BCUT2D eigenvalue weighted by molar-refractivity contribution is -0.137. The molecule has 0 bridgehead atoms. The second-order valence-electron chi connectivity index (χ2n) is 8.80. The second-order valence-corrected chi connectivity index (χ2v) is 8.80. The quantitative estimate of drug-likeness (QED) is 0.602. The van der Waals surface area contributed by atoms with Crippen LogP contribution in [0.1, 0.15) is 39.9 Å². The number of rotatable bonds is 7. The van der Waals surface area contributed by atoms with E-state index in [4.69, 9.17) is 9.47 Å². The van der Waals surface area contributed by atoms with E-state index in [0.29, 0.717) is 42.5 Å².